The Labute approximate surface area is 181 Å². The average molecular weight is 417 g/mol. The molecule has 0 aliphatic carbocycles. The van der Waals surface area contributed by atoms with Gasteiger partial charge >= 0.3 is 11.9 Å². The van der Waals surface area contributed by atoms with Crippen LogP contribution in [-0.4, -0.2) is 31.7 Å². The lowest BCUT2D eigenvalue weighted by molar-refractivity contribution is -0.131. The predicted molar refractivity (Wildman–Crippen MR) is 119 cm³/mol. The third kappa shape index (κ3) is 5.28. The Bertz CT molecular complexity index is 1110. The van der Waals surface area contributed by atoms with Crippen molar-refractivity contribution in [3.8, 4) is 0 Å². The minimum absolute atomic E-state index is 0.221. The highest BCUT2D eigenvalue weighted by molar-refractivity contribution is 5.95. The number of hydrogen-bond acceptors (Lipinski definition) is 3. The van der Waals surface area contributed by atoms with Crippen molar-refractivity contribution in [3.05, 3.63) is 101 Å². The molecule has 31 heavy (non-hydrogen) atoms. The van der Waals surface area contributed by atoms with E-state index in [9.17, 15) is 14.7 Å². The molecule has 2 aromatic carbocycles. The largest absolute Gasteiger partial charge is 0.478 e. The summed E-state index contributed by atoms with van der Waals surface area (Å²) in [5.74, 6) is -1.17. The number of carboxylic acid groups (broad SMARTS) is 2. The first kappa shape index (κ1) is 22.0. The van der Waals surface area contributed by atoms with Crippen molar-refractivity contribution in [1.29, 1.82) is 0 Å². The molecule has 0 amide bonds. The number of hydrogen-bond donors (Lipinski definition) is 2. The highest BCUT2D eigenvalue weighted by atomic mass is 16.4. The summed E-state index contributed by atoms with van der Waals surface area (Å²) in [6.45, 7) is 6.61. The Morgan fingerprint density at radius 1 is 1.10 bits per heavy atom. The van der Waals surface area contributed by atoms with Crippen LogP contribution in [0.2, 0.25) is 0 Å². The zero-order valence-corrected chi connectivity index (χ0v) is 17.4. The first-order valence-corrected chi connectivity index (χ1v) is 10.1. The van der Waals surface area contributed by atoms with Gasteiger partial charge in [-0.3, -0.25) is 0 Å². The van der Waals surface area contributed by atoms with E-state index in [2.05, 4.69) is 18.8 Å². The van der Waals surface area contributed by atoms with Crippen molar-refractivity contribution >= 4 is 17.5 Å². The molecule has 159 valence electrons. The highest BCUT2D eigenvalue weighted by Crippen LogP contribution is 2.28. The molecule has 0 atom stereocenters. The minimum atomic E-state index is -1.05. The normalized spacial score (nSPS) is 11.5. The molecule has 6 heteroatoms. The summed E-state index contributed by atoms with van der Waals surface area (Å²) in [4.78, 5) is 27.4. The molecule has 0 unspecified atom stereocenters. The Balaban J connectivity index is 2.10. The number of nitrogens with zero attached hydrogens (tertiary/aromatic N) is 2. The molecule has 1 radical (unpaired) electrons. The van der Waals surface area contributed by atoms with Crippen molar-refractivity contribution in [2.45, 2.75) is 32.7 Å². The topological polar surface area (TPSA) is 92.4 Å². The van der Waals surface area contributed by atoms with Gasteiger partial charge in [-0.15, -0.1) is 0 Å². The van der Waals surface area contributed by atoms with E-state index in [1.807, 2.05) is 28.8 Å². The van der Waals surface area contributed by atoms with Crippen molar-refractivity contribution in [2.24, 2.45) is 0 Å². The van der Waals surface area contributed by atoms with E-state index in [4.69, 9.17) is 5.11 Å². The maximum Gasteiger partial charge on any atom is 0.335 e. The van der Waals surface area contributed by atoms with Crippen LogP contribution >= 0.6 is 0 Å². The van der Waals surface area contributed by atoms with Gasteiger partial charge in [0.05, 0.1) is 17.5 Å². The summed E-state index contributed by atoms with van der Waals surface area (Å²) >= 11 is 0. The van der Waals surface area contributed by atoms with Crippen molar-refractivity contribution in [3.63, 3.8) is 0 Å². The number of aromatic nitrogens is 2. The highest BCUT2D eigenvalue weighted by Gasteiger charge is 2.18. The van der Waals surface area contributed by atoms with E-state index in [0.29, 0.717) is 17.8 Å². The van der Waals surface area contributed by atoms with Gasteiger partial charge in [-0.25, -0.2) is 14.6 Å². The van der Waals surface area contributed by atoms with Crippen LogP contribution in [0.1, 0.15) is 58.3 Å². The third-order valence-corrected chi connectivity index (χ3v) is 5.09. The molecule has 2 N–H and O–H groups in total. The second kappa shape index (κ2) is 9.89. The number of rotatable bonds is 9. The van der Waals surface area contributed by atoms with Crippen molar-refractivity contribution < 1.29 is 19.8 Å². The van der Waals surface area contributed by atoms with Crippen molar-refractivity contribution in [2.75, 3.05) is 0 Å². The molecule has 0 saturated heterocycles. The van der Waals surface area contributed by atoms with Crippen LogP contribution in [0.5, 0.6) is 0 Å². The molecule has 0 fully saturated rings. The first-order chi connectivity index (χ1) is 14.9. The van der Waals surface area contributed by atoms with Gasteiger partial charge in [-0.05, 0) is 42.2 Å². The van der Waals surface area contributed by atoms with Gasteiger partial charge in [-0.2, -0.15) is 0 Å². The van der Waals surface area contributed by atoms with Crippen molar-refractivity contribution in [1.82, 2.24) is 9.55 Å². The smallest absolute Gasteiger partial charge is 0.335 e. The number of imidazole rings is 1. The second-order valence-electron chi connectivity index (χ2n) is 7.30. The van der Waals surface area contributed by atoms with Gasteiger partial charge in [0, 0.05) is 24.6 Å². The fraction of sp³-hybridized carbons (Fsp3) is 0.200. The van der Waals surface area contributed by atoms with Crippen LogP contribution in [0.25, 0.3) is 5.57 Å². The fourth-order valence-electron chi connectivity index (χ4n) is 3.47. The first-order valence-electron chi connectivity index (χ1n) is 10.1. The average Bonchev–Trinajstić information content (AvgIpc) is 3.13. The molecular weight excluding hydrogens is 392 g/mol. The van der Waals surface area contributed by atoms with Crippen LogP contribution in [0.15, 0.2) is 60.8 Å². The van der Waals surface area contributed by atoms with Crippen LogP contribution < -0.4 is 0 Å². The molecule has 0 saturated carbocycles. The number of carboxylic acids is 2. The van der Waals surface area contributed by atoms with E-state index in [0.717, 1.165) is 41.8 Å². The Morgan fingerprint density at radius 2 is 1.81 bits per heavy atom. The van der Waals surface area contributed by atoms with E-state index in [1.165, 1.54) is 6.08 Å². The minimum Gasteiger partial charge on any atom is -0.478 e. The van der Waals surface area contributed by atoms with Gasteiger partial charge < -0.3 is 14.8 Å². The molecule has 0 bridgehead atoms. The van der Waals surface area contributed by atoms with E-state index >= 15 is 0 Å². The number of aliphatic carboxylic acids is 1. The second-order valence-corrected chi connectivity index (χ2v) is 7.30. The lowest BCUT2D eigenvalue weighted by Gasteiger charge is -2.16. The number of benzene rings is 2. The monoisotopic (exact) mass is 417 g/mol. The summed E-state index contributed by atoms with van der Waals surface area (Å²) < 4.78 is 2.01. The molecule has 3 aromatic rings. The molecule has 1 aromatic heterocycles. The van der Waals surface area contributed by atoms with Crippen LogP contribution in [0.3, 0.4) is 0 Å². The quantitative estimate of drug-likeness (QED) is 0.494. The number of aromatic carboxylic acids is 1. The molecule has 0 aliphatic heterocycles. The molecule has 0 aliphatic rings. The summed E-state index contributed by atoms with van der Waals surface area (Å²) in [5, 5.41) is 18.7. The van der Waals surface area contributed by atoms with Gasteiger partial charge in [0.25, 0.3) is 0 Å². The molecule has 0 spiro atoms. The number of aryl methyl sites for hydroxylation is 1. The van der Waals surface area contributed by atoms with Gasteiger partial charge in [0.2, 0.25) is 0 Å². The Morgan fingerprint density at radius 3 is 2.42 bits per heavy atom. The predicted octanol–water partition coefficient (Wildman–Crippen LogP) is 4.67. The summed E-state index contributed by atoms with van der Waals surface area (Å²) in [6.07, 6.45) is 5.62. The number of unbranched alkanes of at least 4 members (excludes halogenated alkanes) is 1. The molecule has 1 heterocycles. The van der Waals surface area contributed by atoms with Gasteiger partial charge in [0.15, 0.2) is 0 Å². The van der Waals surface area contributed by atoms with Crippen LogP contribution in [0, 0.1) is 6.92 Å². The van der Waals surface area contributed by atoms with E-state index in [-0.39, 0.29) is 5.56 Å². The summed E-state index contributed by atoms with van der Waals surface area (Å²) in [5.41, 5.74) is 3.80. The van der Waals surface area contributed by atoms with E-state index in [1.54, 1.807) is 30.5 Å². The SMILES string of the molecule is [CH2]c1ccccc1/C(=C/C(=O)O)c1cnc(CCCC)n1Cc1ccc(C(=O)O)cc1. The van der Waals surface area contributed by atoms with E-state index < -0.39 is 11.9 Å². The Kier molecular flexibility index (Phi) is 7.03. The third-order valence-electron chi connectivity index (χ3n) is 5.09. The maximum atomic E-state index is 11.6. The molecular formula is C25H25N2O4. The zero-order valence-electron chi connectivity index (χ0n) is 17.4. The van der Waals surface area contributed by atoms with Crippen LogP contribution in [0.4, 0.5) is 0 Å². The van der Waals surface area contributed by atoms with Gasteiger partial charge in [0.1, 0.15) is 5.82 Å². The summed E-state index contributed by atoms with van der Waals surface area (Å²) in [6, 6.07) is 14.1. The summed E-state index contributed by atoms with van der Waals surface area (Å²) in [7, 11) is 0. The molecule has 6 nitrogen and oxygen atoms in total. The van der Waals surface area contributed by atoms with Crippen LogP contribution in [-0.2, 0) is 17.8 Å². The fourth-order valence-corrected chi connectivity index (χ4v) is 3.47. The lowest BCUT2D eigenvalue weighted by atomic mass is 9.97. The number of carbonyl (C=O) groups is 2. The van der Waals surface area contributed by atoms with Gasteiger partial charge in [-0.1, -0.05) is 49.7 Å². The zero-order chi connectivity index (χ0) is 22.4. The standard InChI is InChI=1S/C25H25N2O4/c1-3-4-9-23-26-15-22(21(14-24(28)29)20-8-6-5-7-17(20)2)27(23)16-18-10-12-19(13-11-18)25(30)31/h5-8,10-15H,2-4,9,16H2,1H3,(H,28,29)(H,30,31)/b21-14-. The lowest BCUT2D eigenvalue weighted by Crippen LogP contribution is -2.10. The molecule has 3 rings (SSSR count). The Hall–Kier alpha value is -3.67. The maximum absolute atomic E-state index is 11.6.